The summed E-state index contributed by atoms with van der Waals surface area (Å²) in [6.07, 6.45) is 6.03. The van der Waals surface area contributed by atoms with E-state index < -0.39 is 17.6 Å². The van der Waals surface area contributed by atoms with Crippen molar-refractivity contribution in [2.75, 3.05) is 18.5 Å². The molecule has 0 bridgehead atoms. The molecule has 4 aromatic rings. The Labute approximate surface area is 244 Å². The van der Waals surface area contributed by atoms with E-state index in [2.05, 4.69) is 22.2 Å². The van der Waals surface area contributed by atoms with Crippen molar-refractivity contribution in [1.29, 1.82) is 0 Å². The molecule has 2 N–H and O–H groups in total. The smallest absolute Gasteiger partial charge is 0.417 e. The number of nitrogens with zero attached hydrogens (tertiary/aromatic N) is 5. The van der Waals surface area contributed by atoms with E-state index in [1.54, 1.807) is 39.2 Å². The lowest BCUT2D eigenvalue weighted by atomic mass is 10.0. The highest BCUT2D eigenvalue weighted by molar-refractivity contribution is 6.12. The molecule has 0 radical (unpaired) electrons. The normalized spacial score (nSPS) is 13.1. The van der Waals surface area contributed by atoms with E-state index in [1.807, 2.05) is 36.0 Å². The quantitative estimate of drug-likeness (QED) is 0.262. The first kappa shape index (κ1) is 29.2. The highest BCUT2D eigenvalue weighted by atomic mass is 16.6. The van der Waals surface area contributed by atoms with Crippen LogP contribution in [-0.4, -0.2) is 60.3 Å². The summed E-state index contributed by atoms with van der Waals surface area (Å²) in [6, 6.07) is 7.48. The molecular formula is C31H36N6O5. The number of rotatable bonds is 9. The van der Waals surface area contributed by atoms with Crippen LogP contribution in [0.25, 0.3) is 22.3 Å². The topological polar surface area (TPSA) is 132 Å². The van der Waals surface area contributed by atoms with Gasteiger partial charge in [0.05, 0.1) is 48.6 Å². The second-order valence-corrected chi connectivity index (χ2v) is 11.2. The van der Waals surface area contributed by atoms with Crippen molar-refractivity contribution in [2.45, 2.75) is 59.3 Å². The number of ether oxygens (including phenoxy) is 2. The minimum absolute atomic E-state index is 0.00357. The Balaban J connectivity index is 1.54. The molecule has 11 nitrogen and oxygen atoms in total. The minimum atomic E-state index is -0.774. The predicted octanol–water partition coefficient (Wildman–Crippen LogP) is 5.13. The van der Waals surface area contributed by atoms with E-state index in [4.69, 9.17) is 14.5 Å². The van der Waals surface area contributed by atoms with Crippen LogP contribution in [0.15, 0.2) is 42.9 Å². The number of imide groups is 1. The summed E-state index contributed by atoms with van der Waals surface area (Å²) in [5, 5.41) is 14.1. The Morgan fingerprint density at radius 3 is 2.69 bits per heavy atom. The Bertz CT molecular complexity index is 1640. The molecule has 0 saturated heterocycles. The molecule has 0 fully saturated rings. The first-order valence-electron chi connectivity index (χ1n) is 14.0. The summed E-state index contributed by atoms with van der Waals surface area (Å²) in [5.41, 5.74) is 4.11. The van der Waals surface area contributed by atoms with Gasteiger partial charge >= 0.3 is 6.09 Å². The van der Waals surface area contributed by atoms with Crippen LogP contribution in [0, 0.1) is 0 Å². The molecule has 0 aromatic carbocycles. The second-order valence-electron chi connectivity index (χ2n) is 11.2. The molecule has 2 amide bonds. The molecule has 11 heteroatoms. The molecule has 5 heterocycles. The Morgan fingerprint density at radius 1 is 1.14 bits per heavy atom. The van der Waals surface area contributed by atoms with Gasteiger partial charge in [-0.05, 0) is 57.4 Å². The number of aromatic nitrogens is 4. The predicted molar refractivity (Wildman–Crippen MR) is 158 cm³/mol. The maximum absolute atomic E-state index is 13.8. The maximum Gasteiger partial charge on any atom is 0.417 e. The average molecular weight is 573 g/mol. The van der Waals surface area contributed by atoms with Crippen LogP contribution in [0.1, 0.15) is 61.3 Å². The Kier molecular flexibility index (Phi) is 8.24. The number of anilines is 2. The van der Waals surface area contributed by atoms with Crippen molar-refractivity contribution in [2.24, 2.45) is 7.05 Å². The third kappa shape index (κ3) is 5.83. The van der Waals surface area contributed by atoms with Crippen molar-refractivity contribution in [1.82, 2.24) is 24.4 Å². The van der Waals surface area contributed by atoms with Gasteiger partial charge in [0.1, 0.15) is 17.1 Å². The van der Waals surface area contributed by atoms with Gasteiger partial charge in [-0.3, -0.25) is 9.78 Å². The molecule has 42 heavy (non-hydrogen) atoms. The number of aliphatic hydroxyl groups is 1. The fourth-order valence-corrected chi connectivity index (χ4v) is 5.01. The highest BCUT2D eigenvalue weighted by Gasteiger charge is 2.39. The fourth-order valence-electron chi connectivity index (χ4n) is 5.01. The van der Waals surface area contributed by atoms with Crippen LogP contribution in [0.2, 0.25) is 0 Å². The highest BCUT2D eigenvalue weighted by Crippen LogP contribution is 2.39. The number of amides is 2. The van der Waals surface area contributed by atoms with Crippen LogP contribution < -0.4 is 5.32 Å². The Morgan fingerprint density at radius 2 is 1.95 bits per heavy atom. The lowest BCUT2D eigenvalue weighted by Gasteiger charge is -2.23. The van der Waals surface area contributed by atoms with Gasteiger partial charge in [-0.1, -0.05) is 13.0 Å². The molecule has 0 unspecified atom stereocenters. The number of fused-ring (bicyclic) bond motifs is 2. The van der Waals surface area contributed by atoms with Crippen molar-refractivity contribution in [3.8, 4) is 11.3 Å². The van der Waals surface area contributed by atoms with E-state index >= 15 is 0 Å². The molecule has 0 atom stereocenters. The van der Waals surface area contributed by atoms with Crippen molar-refractivity contribution in [3.63, 3.8) is 0 Å². The summed E-state index contributed by atoms with van der Waals surface area (Å²) in [7, 11) is 1.91. The monoisotopic (exact) mass is 572 g/mol. The molecule has 5 rings (SSSR count). The largest absolute Gasteiger partial charge is 0.443 e. The summed E-state index contributed by atoms with van der Waals surface area (Å²) < 4.78 is 13.1. The fraction of sp³-hybridized carbons (Fsp3) is 0.387. The zero-order valence-electron chi connectivity index (χ0n) is 24.6. The molecular weight excluding hydrogens is 536 g/mol. The van der Waals surface area contributed by atoms with Gasteiger partial charge < -0.3 is 24.5 Å². The lowest BCUT2D eigenvalue weighted by Crippen LogP contribution is -2.37. The average Bonchev–Trinajstić information content (AvgIpc) is 3.51. The van der Waals surface area contributed by atoms with Gasteiger partial charge in [-0.25, -0.2) is 19.7 Å². The van der Waals surface area contributed by atoms with Crippen LogP contribution in [-0.2, 0) is 36.1 Å². The van der Waals surface area contributed by atoms with Crippen LogP contribution in [0.3, 0.4) is 0 Å². The van der Waals surface area contributed by atoms with Crippen molar-refractivity contribution >= 4 is 34.5 Å². The number of hydrogen-bond acceptors (Lipinski definition) is 9. The molecule has 0 aliphatic carbocycles. The number of carbonyl (C=O) groups is 2. The number of pyridine rings is 3. The summed E-state index contributed by atoms with van der Waals surface area (Å²) >= 11 is 0. The van der Waals surface area contributed by atoms with E-state index in [-0.39, 0.29) is 13.2 Å². The molecule has 220 valence electrons. The Hall–Kier alpha value is -4.35. The van der Waals surface area contributed by atoms with E-state index in [0.717, 1.165) is 33.5 Å². The number of nitrogens with one attached hydrogen (secondary N) is 1. The number of hydrogen-bond donors (Lipinski definition) is 2. The molecule has 4 aromatic heterocycles. The van der Waals surface area contributed by atoms with E-state index in [9.17, 15) is 14.7 Å². The van der Waals surface area contributed by atoms with E-state index in [0.29, 0.717) is 53.7 Å². The zero-order valence-corrected chi connectivity index (χ0v) is 24.6. The van der Waals surface area contributed by atoms with Crippen LogP contribution >= 0.6 is 0 Å². The van der Waals surface area contributed by atoms with Gasteiger partial charge in [-0.15, -0.1) is 0 Å². The SMILES string of the molecule is CCCOCCc1ccc(Nc2cnc(-c3ccnc4c3ccn4C)c3c2C(=O)N(C(=O)OC(C)(C)C)C3)nc1CO. The van der Waals surface area contributed by atoms with Crippen LogP contribution in [0.5, 0.6) is 0 Å². The summed E-state index contributed by atoms with van der Waals surface area (Å²) in [4.78, 5) is 41.8. The lowest BCUT2D eigenvalue weighted by molar-refractivity contribution is 0.0248. The van der Waals surface area contributed by atoms with Crippen molar-refractivity contribution in [3.05, 3.63) is 65.2 Å². The standard InChI is InChI=1S/C31H36N6O5/c1-6-14-41-15-11-19-7-8-25(35-24(19)18-38)34-23-16-33-27(20-9-12-32-28-21(20)10-13-36(28)5)22-17-37(29(39)26(22)23)30(40)42-31(2,3)4/h7-10,12-13,16,38H,6,11,14-15,17-18H2,1-5H3,(H,34,35). The first-order valence-corrected chi connectivity index (χ1v) is 14.0. The van der Waals surface area contributed by atoms with Gasteiger partial charge in [0.25, 0.3) is 5.91 Å². The second kappa shape index (κ2) is 11.9. The molecule has 1 aliphatic rings. The minimum Gasteiger partial charge on any atom is -0.443 e. The number of aliphatic hydroxyl groups excluding tert-OH is 1. The van der Waals surface area contributed by atoms with Gasteiger partial charge in [-0.2, -0.15) is 0 Å². The summed E-state index contributed by atoms with van der Waals surface area (Å²) in [6.45, 7) is 8.29. The first-order chi connectivity index (χ1) is 20.1. The van der Waals surface area contributed by atoms with E-state index in [1.165, 1.54) is 0 Å². The van der Waals surface area contributed by atoms with Crippen LogP contribution in [0.4, 0.5) is 16.3 Å². The molecule has 0 saturated carbocycles. The molecule has 1 aliphatic heterocycles. The molecule has 0 spiro atoms. The summed E-state index contributed by atoms with van der Waals surface area (Å²) in [5.74, 6) is -0.0530. The third-order valence-electron chi connectivity index (χ3n) is 6.94. The third-order valence-corrected chi connectivity index (χ3v) is 6.94. The van der Waals surface area contributed by atoms with Gasteiger partial charge in [0.2, 0.25) is 0 Å². The number of carbonyl (C=O) groups excluding carboxylic acids is 2. The van der Waals surface area contributed by atoms with Gasteiger partial charge in [0.15, 0.2) is 0 Å². The van der Waals surface area contributed by atoms with Crippen molar-refractivity contribution < 1.29 is 24.2 Å². The zero-order chi connectivity index (χ0) is 30.0. The number of aryl methyl sites for hydroxylation is 1. The van der Waals surface area contributed by atoms with Gasteiger partial charge in [0, 0.05) is 42.6 Å². The maximum atomic E-state index is 13.8.